The summed E-state index contributed by atoms with van der Waals surface area (Å²) in [6.45, 7) is -0.217. The monoisotopic (exact) mass is 467 g/mol. The second kappa shape index (κ2) is 8.74. The third-order valence-corrected chi connectivity index (χ3v) is 6.05. The Morgan fingerprint density at radius 1 is 1.18 bits per heavy atom. The van der Waals surface area contributed by atoms with Crippen molar-refractivity contribution in [1.82, 2.24) is 0 Å². The van der Waals surface area contributed by atoms with Crippen molar-refractivity contribution in [2.75, 3.05) is 26.1 Å². The van der Waals surface area contributed by atoms with E-state index in [1.54, 1.807) is 24.3 Å². The number of rotatable bonds is 6. The molecule has 9 heteroatoms. The molecular weight excluding hydrogens is 450 g/mol. The molecule has 1 aliphatic rings. The van der Waals surface area contributed by atoms with Crippen molar-refractivity contribution in [2.24, 2.45) is 0 Å². The van der Waals surface area contributed by atoms with Crippen LogP contribution in [0.1, 0.15) is 33.1 Å². The minimum atomic E-state index is -0.600. The van der Waals surface area contributed by atoms with Gasteiger partial charge in [-0.25, -0.2) is 4.79 Å². The molecule has 0 aliphatic heterocycles. The second-order valence-electron chi connectivity index (χ2n) is 6.04. The van der Waals surface area contributed by atoms with E-state index in [0.717, 1.165) is 9.35 Å². The number of ether oxygens (including phenoxy) is 3. The number of esters is 2. The number of fused-ring (bicyclic) bond motifs is 1. The summed E-state index contributed by atoms with van der Waals surface area (Å²) < 4.78 is 16.1. The second-order valence-corrected chi connectivity index (χ2v) is 8.06. The highest BCUT2D eigenvalue weighted by molar-refractivity contribution is 9.10. The van der Waals surface area contributed by atoms with Gasteiger partial charge in [0.25, 0.3) is 5.91 Å². The fraction of sp³-hybridized carbons (Fsp3) is 0.316. The minimum absolute atomic E-state index is 0.215. The van der Waals surface area contributed by atoms with E-state index >= 15 is 0 Å². The van der Waals surface area contributed by atoms with Crippen molar-refractivity contribution < 1.29 is 28.6 Å². The molecule has 1 N–H and O–H groups in total. The van der Waals surface area contributed by atoms with Crippen molar-refractivity contribution in [1.29, 1.82) is 0 Å². The first-order valence-corrected chi connectivity index (χ1v) is 10.1. The van der Waals surface area contributed by atoms with E-state index in [1.165, 1.54) is 25.6 Å². The number of benzene rings is 1. The van der Waals surface area contributed by atoms with Crippen LogP contribution in [-0.4, -0.2) is 38.7 Å². The Kier molecular flexibility index (Phi) is 6.35. The van der Waals surface area contributed by atoms with E-state index < -0.39 is 23.8 Å². The minimum Gasteiger partial charge on any atom is -0.484 e. The lowest BCUT2D eigenvalue weighted by atomic mass is 9.99. The summed E-state index contributed by atoms with van der Waals surface area (Å²) >= 11 is 4.60. The van der Waals surface area contributed by atoms with Crippen LogP contribution in [0.25, 0.3) is 0 Å². The van der Waals surface area contributed by atoms with Crippen LogP contribution in [0.5, 0.6) is 5.75 Å². The first kappa shape index (κ1) is 20.3. The summed E-state index contributed by atoms with van der Waals surface area (Å²) in [5, 5.41) is 3.06. The van der Waals surface area contributed by atoms with Crippen LogP contribution in [-0.2, 0) is 25.5 Å². The fourth-order valence-corrected chi connectivity index (χ4v) is 4.62. The first-order valence-electron chi connectivity index (χ1n) is 8.44. The van der Waals surface area contributed by atoms with Crippen LogP contribution in [0.2, 0.25) is 0 Å². The van der Waals surface area contributed by atoms with Gasteiger partial charge in [0.05, 0.1) is 25.7 Å². The average molecular weight is 468 g/mol. The van der Waals surface area contributed by atoms with Gasteiger partial charge in [-0.1, -0.05) is 15.9 Å². The Bertz CT molecular complexity index is 908. The van der Waals surface area contributed by atoms with Gasteiger partial charge in [-0.2, -0.15) is 0 Å². The van der Waals surface area contributed by atoms with Gasteiger partial charge >= 0.3 is 11.9 Å². The smallest absolute Gasteiger partial charge is 0.341 e. The molecule has 0 saturated heterocycles. The van der Waals surface area contributed by atoms with Crippen LogP contribution < -0.4 is 10.1 Å². The van der Waals surface area contributed by atoms with E-state index in [-0.39, 0.29) is 12.2 Å². The summed E-state index contributed by atoms with van der Waals surface area (Å²) in [5.74, 6) is -1.40. The Morgan fingerprint density at radius 2 is 1.89 bits per heavy atom. The molecule has 3 rings (SSSR count). The van der Waals surface area contributed by atoms with Crippen molar-refractivity contribution in [3.05, 3.63) is 44.7 Å². The zero-order chi connectivity index (χ0) is 20.3. The number of nitrogens with one attached hydrogen (secondary N) is 1. The van der Waals surface area contributed by atoms with Gasteiger partial charge in [0.1, 0.15) is 10.8 Å². The number of carbonyl (C=O) groups excluding carboxylic acids is 3. The zero-order valence-electron chi connectivity index (χ0n) is 15.2. The van der Waals surface area contributed by atoms with E-state index in [4.69, 9.17) is 14.2 Å². The van der Waals surface area contributed by atoms with Crippen LogP contribution in [0.15, 0.2) is 28.7 Å². The normalized spacial score (nSPS) is 14.9. The third kappa shape index (κ3) is 4.20. The van der Waals surface area contributed by atoms with Gasteiger partial charge in [0.15, 0.2) is 6.61 Å². The molecule has 1 amide bonds. The van der Waals surface area contributed by atoms with Gasteiger partial charge in [-0.3, -0.25) is 9.59 Å². The maximum atomic E-state index is 12.3. The SMILES string of the molecule is COC(=O)c1c(NC(=O)COc2ccc(Br)cc2)sc2c1[C@H](C(=O)OC)CC2. The van der Waals surface area contributed by atoms with Crippen LogP contribution >= 0.6 is 27.3 Å². The summed E-state index contributed by atoms with van der Waals surface area (Å²) in [4.78, 5) is 37.6. The third-order valence-electron chi connectivity index (χ3n) is 4.34. The lowest BCUT2D eigenvalue weighted by Crippen LogP contribution is -2.22. The summed E-state index contributed by atoms with van der Waals surface area (Å²) in [5.41, 5.74) is 0.806. The average Bonchev–Trinajstić information content (AvgIpc) is 3.25. The first-order chi connectivity index (χ1) is 13.4. The van der Waals surface area contributed by atoms with Gasteiger partial charge in [0, 0.05) is 9.35 Å². The maximum absolute atomic E-state index is 12.3. The van der Waals surface area contributed by atoms with Crippen molar-refractivity contribution in [2.45, 2.75) is 18.8 Å². The number of anilines is 1. The molecule has 0 spiro atoms. The predicted molar refractivity (Wildman–Crippen MR) is 107 cm³/mol. The van der Waals surface area contributed by atoms with E-state index in [2.05, 4.69) is 21.2 Å². The molecule has 0 unspecified atom stereocenters. The lowest BCUT2D eigenvalue weighted by molar-refractivity contribution is -0.142. The molecule has 7 nitrogen and oxygen atoms in total. The highest BCUT2D eigenvalue weighted by atomic mass is 79.9. The number of thiophene rings is 1. The molecule has 0 radical (unpaired) electrons. The summed E-state index contributed by atoms with van der Waals surface area (Å²) in [6, 6.07) is 7.08. The topological polar surface area (TPSA) is 90.9 Å². The molecule has 1 heterocycles. The Morgan fingerprint density at radius 3 is 2.54 bits per heavy atom. The Labute approximate surface area is 174 Å². The molecule has 28 heavy (non-hydrogen) atoms. The lowest BCUT2D eigenvalue weighted by Gasteiger charge is -2.12. The van der Waals surface area contributed by atoms with Crippen molar-refractivity contribution in [3.63, 3.8) is 0 Å². The number of methoxy groups -OCH3 is 2. The van der Waals surface area contributed by atoms with Crippen molar-refractivity contribution >= 4 is 50.1 Å². The van der Waals surface area contributed by atoms with Gasteiger partial charge < -0.3 is 19.5 Å². The molecule has 0 saturated carbocycles. The molecule has 1 aromatic carbocycles. The number of hydrogen-bond donors (Lipinski definition) is 1. The standard InChI is InChI=1S/C19H18BrNO6S/c1-25-18(23)12-7-8-13-15(12)16(19(24)26-2)17(28-13)21-14(22)9-27-11-5-3-10(20)4-6-11/h3-6,12H,7-9H2,1-2H3,(H,21,22)/t12-/m1/s1. The summed E-state index contributed by atoms with van der Waals surface area (Å²) in [6.07, 6.45) is 1.20. The molecule has 2 aromatic rings. The highest BCUT2D eigenvalue weighted by Crippen LogP contribution is 2.45. The molecule has 1 atom stereocenters. The predicted octanol–water partition coefficient (Wildman–Crippen LogP) is 3.52. The van der Waals surface area contributed by atoms with E-state index in [9.17, 15) is 14.4 Å². The molecule has 0 bridgehead atoms. The number of amides is 1. The van der Waals surface area contributed by atoms with E-state index in [0.29, 0.717) is 29.2 Å². The van der Waals surface area contributed by atoms with Gasteiger partial charge in [-0.15, -0.1) is 11.3 Å². The Balaban J connectivity index is 1.78. The number of carbonyl (C=O) groups is 3. The van der Waals surface area contributed by atoms with E-state index in [1.807, 2.05) is 0 Å². The Hall–Kier alpha value is -2.39. The zero-order valence-corrected chi connectivity index (χ0v) is 17.6. The van der Waals surface area contributed by atoms with Crippen molar-refractivity contribution in [3.8, 4) is 5.75 Å². The summed E-state index contributed by atoms with van der Waals surface area (Å²) in [7, 11) is 2.57. The fourth-order valence-electron chi connectivity index (χ4n) is 3.08. The van der Waals surface area contributed by atoms with Gasteiger partial charge in [0.2, 0.25) is 0 Å². The molecular formula is C19H18BrNO6S. The number of aryl methyl sites for hydroxylation is 1. The highest BCUT2D eigenvalue weighted by Gasteiger charge is 2.38. The molecule has 1 aliphatic carbocycles. The van der Waals surface area contributed by atoms with Gasteiger partial charge in [-0.05, 0) is 42.7 Å². The molecule has 0 fully saturated rings. The molecule has 148 valence electrons. The number of halogens is 1. The van der Waals surface area contributed by atoms with Crippen LogP contribution in [0.4, 0.5) is 5.00 Å². The largest absolute Gasteiger partial charge is 0.484 e. The maximum Gasteiger partial charge on any atom is 0.341 e. The quantitative estimate of drug-likeness (QED) is 0.653. The molecule has 1 aromatic heterocycles. The van der Waals surface area contributed by atoms with Crippen LogP contribution in [0, 0.1) is 0 Å². The number of hydrogen-bond acceptors (Lipinski definition) is 7. The van der Waals surface area contributed by atoms with Crippen LogP contribution in [0.3, 0.4) is 0 Å².